The van der Waals surface area contributed by atoms with Crippen molar-refractivity contribution in [3.8, 4) is 17.2 Å². The van der Waals surface area contributed by atoms with Gasteiger partial charge in [-0.15, -0.1) is 0 Å². The van der Waals surface area contributed by atoms with Crippen LogP contribution < -0.4 is 24.8 Å². The Morgan fingerprint density at radius 1 is 0.763 bits per heavy atom. The van der Waals surface area contributed by atoms with Gasteiger partial charge in [0.1, 0.15) is 6.61 Å². The highest BCUT2D eigenvalue weighted by Gasteiger charge is 2.18. The maximum atomic E-state index is 6.06. The lowest BCUT2D eigenvalue weighted by Gasteiger charge is -2.32. The molecule has 1 aliphatic heterocycles. The molecule has 0 unspecified atom stereocenters. The summed E-state index contributed by atoms with van der Waals surface area (Å²) in [5.41, 5.74) is 3.63. The minimum atomic E-state index is 0.464. The molecule has 0 saturated carbocycles. The van der Waals surface area contributed by atoms with E-state index in [4.69, 9.17) is 14.2 Å². The van der Waals surface area contributed by atoms with Crippen LogP contribution in [-0.4, -0.2) is 51.3 Å². The first kappa shape index (κ1) is 28.0. The lowest BCUT2D eigenvalue weighted by Crippen LogP contribution is -2.42. The van der Waals surface area contributed by atoms with Crippen LogP contribution in [0, 0.1) is 0 Å². The smallest absolute Gasteiger partial charge is 0.203 e. The Labute approximate surface area is 228 Å². The predicted octanol–water partition coefficient (Wildman–Crippen LogP) is 5.41. The summed E-state index contributed by atoms with van der Waals surface area (Å²) in [6, 6.07) is 25.6. The Morgan fingerprint density at radius 2 is 1.37 bits per heavy atom. The standard InChI is InChI=1S/C32H43N3O3/c1-36-30-21-28(22-31(37-2)32(30)38-25-27-13-7-4-8-14-27)23-33-17-9-10-18-34-29-15-19-35(20-16-29)24-26-11-5-3-6-12-26/h3-8,11-14,21-22,29,33-34H,9-10,15-20,23-25H2,1-2H3. The molecule has 3 aromatic carbocycles. The zero-order valence-corrected chi connectivity index (χ0v) is 23.0. The average Bonchev–Trinajstić information content (AvgIpc) is 2.97. The Morgan fingerprint density at radius 3 is 2.00 bits per heavy atom. The monoisotopic (exact) mass is 517 g/mol. The second-order valence-corrected chi connectivity index (χ2v) is 9.98. The first-order valence-corrected chi connectivity index (χ1v) is 13.9. The molecule has 6 heteroatoms. The maximum absolute atomic E-state index is 6.06. The van der Waals surface area contributed by atoms with Gasteiger partial charge in [-0.25, -0.2) is 0 Å². The summed E-state index contributed by atoms with van der Waals surface area (Å²) in [5.74, 6) is 2.02. The molecule has 1 saturated heterocycles. The van der Waals surface area contributed by atoms with Gasteiger partial charge in [0, 0.05) is 19.1 Å². The van der Waals surface area contributed by atoms with Crippen LogP contribution in [0.15, 0.2) is 72.8 Å². The molecule has 0 spiro atoms. The highest BCUT2D eigenvalue weighted by atomic mass is 16.5. The Hall–Kier alpha value is -3.06. The van der Waals surface area contributed by atoms with Crippen molar-refractivity contribution in [2.24, 2.45) is 0 Å². The van der Waals surface area contributed by atoms with Gasteiger partial charge in [0.2, 0.25) is 5.75 Å². The first-order valence-electron chi connectivity index (χ1n) is 13.9. The molecule has 204 valence electrons. The van der Waals surface area contributed by atoms with Crippen LogP contribution in [0.5, 0.6) is 17.2 Å². The lowest BCUT2D eigenvalue weighted by molar-refractivity contribution is 0.190. The van der Waals surface area contributed by atoms with Crippen molar-refractivity contribution in [1.29, 1.82) is 0 Å². The third-order valence-corrected chi connectivity index (χ3v) is 7.13. The number of benzene rings is 3. The van der Waals surface area contributed by atoms with Crippen LogP contribution in [0.4, 0.5) is 0 Å². The van der Waals surface area contributed by atoms with Crippen LogP contribution in [0.1, 0.15) is 42.4 Å². The van der Waals surface area contributed by atoms with Gasteiger partial charge in [0.15, 0.2) is 11.5 Å². The average molecular weight is 518 g/mol. The molecular weight excluding hydrogens is 474 g/mol. The summed E-state index contributed by atoms with van der Waals surface area (Å²) in [4.78, 5) is 2.57. The molecular formula is C32H43N3O3. The normalized spacial score (nSPS) is 14.4. The zero-order valence-electron chi connectivity index (χ0n) is 23.0. The molecule has 0 aromatic heterocycles. The van der Waals surface area contributed by atoms with E-state index in [1.807, 2.05) is 42.5 Å². The summed E-state index contributed by atoms with van der Waals surface area (Å²) in [6.07, 6.45) is 4.79. The number of nitrogens with zero attached hydrogens (tertiary/aromatic N) is 1. The Balaban J connectivity index is 1.11. The molecule has 0 bridgehead atoms. The predicted molar refractivity (Wildman–Crippen MR) is 154 cm³/mol. The molecule has 38 heavy (non-hydrogen) atoms. The van der Waals surface area contributed by atoms with E-state index < -0.39 is 0 Å². The van der Waals surface area contributed by atoms with E-state index in [0.717, 1.165) is 43.7 Å². The van der Waals surface area contributed by atoms with Crippen molar-refractivity contribution in [1.82, 2.24) is 15.5 Å². The van der Waals surface area contributed by atoms with Gasteiger partial charge < -0.3 is 24.8 Å². The second-order valence-electron chi connectivity index (χ2n) is 9.98. The van der Waals surface area contributed by atoms with Crippen LogP contribution in [0.2, 0.25) is 0 Å². The molecule has 1 aliphatic rings. The number of methoxy groups -OCH3 is 2. The fourth-order valence-corrected chi connectivity index (χ4v) is 4.96. The lowest BCUT2D eigenvalue weighted by atomic mass is 10.0. The molecule has 2 N–H and O–H groups in total. The fourth-order valence-electron chi connectivity index (χ4n) is 4.96. The number of piperidine rings is 1. The molecule has 6 nitrogen and oxygen atoms in total. The van der Waals surface area contributed by atoms with E-state index in [1.54, 1.807) is 14.2 Å². The number of nitrogens with one attached hydrogen (secondary N) is 2. The van der Waals surface area contributed by atoms with Crippen molar-refractivity contribution in [3.05, 3.63) is 89.5 Å². The zero-order chi connectivity index (χ0) is 26.4. The molecule has 0 aliphatic carbocycles. The summed E-state index contributed by atoms with van der Waals surface area (Å²) in [7, 11) is 3.34. The number of unbranched alkanes of at least 4 members (excludes halogenated alkanes) is 1. The van der Waals surface area contributed by atoms with E-state index >= 15 is 0 Å². The summed E-state index contributed by atoms with van der Waals surface area (Å²) >= 11 is 0. The fraction of sp³-hybridized carbons (Fsp3) is 0.438. The molecule has 1 heterocycles. The summed E-state index contributed by atoms with van der Waals surface area (Å²) < 4.78 is 17.3. The third kappa shape index (κ3) is 8.76. The Bertz CT molecular complexity index is 1040. The highest BCUT2D eigenvalue weighted by molar-refractivity contribution is 5.54. The van der Waals surface area contributed by atoms with E-state index in [2.05, 4.69) is 45.9 Å². The highest BCUT2D eigenvalue weighted by Crippen LogP contribution is 2.39. The van der Waals surface area contributed by atoms with Crippen LogP contribution in [0.25, 0.3) is 0 Å². The van der Waals surface area contributed by atoms with Gasteiger partial charge in [0.05, 0.1) is 14.2 Å². The molecule has 3 aromatic rings. The maximum Gasteiger partial charge on any atom is 0.203 e. The van der Waals surface area contributed by atoms with Crippen molar-refractivity contribution in [2.45, 2.75) is 51.4 Å². The van der Waals surface area contributed by atoms with Gasteiger partial charge >= 0.3 is 0 Å². The first-order chi connectivity index (χ1) is 18.7. The van der Waals surface area contributed by atoms with E-state index in [1.165, 1.54) is 37.9 Å². The number of rotatable bonds is 15. The molecule has 4 rings (SSSR count). The number of likely N-dealkylation sites (tertiary alicyclic amines) is 1. The third-order valence-electron chi connectivity index (χ3n) is 7.13. The van der Waals surface area contributed by atoms with Gasteiger partial charge in [-0.2, -0.15) is 0 Å². The van der Waals surface area contributed by atoms with Crippen molar-refractivity contribution in [3.63, 3.8) is 0 Å². The molecule has 0 atom stereocenters. The largest absolute Gasteiger partial charge is 0.493 e. The van der Waals surface area contributed by atoms with Crippen LogP contribution >= 0.6 is 0 Å². The number of ether oxygens (including phenoxy) is 3. The van der Waals surface area contributed by atoms with Crippen LogP contribution in [-0.2, 0) is 19.7 Å². The van der Waals surface area contributed by atoms with Gasteiger partial charge in [-0.1, -0.05) is 60.7 Å². The SMILES string of the molecule is COc1cc(CNCCCCNC2CCN(Cc3ccccc3)CC2)cc(OC)c1OCc1ccccc1. The minimum absolute atomic E-state index is 0.464. The van der Waals surface area contributed by atoms with E-state index in [-0.39, 0.29) is 0 Å². The Kier molecular flexibility index (Phi) is 11.3. The molecule has 0 amide bonds. The van der Waals surface area contributed by atoms with Gasteiger partial charge in [-0.05, 0) is 80.7 Å². The second kappa shape index (κ2) is 15.4. The molecule has 1 fully saturated rings. The summed E-state index contributed by atoms with van der Waals surface area (Å²) in [5, 5.41) is 7.34. The van der Waals surface area contributed by atoms with Gasteiger partial charge in [0.25, 0.3) is 0 Å². The van der Waals surface area contributed by atoms with Crippen molar-refractivity contribution < 1.29 is 14.2 Å². The quantitative estimate of drug-likeness (QED) is 0.263. The minimum Gasteiger partial charge on any atom is -0.493 e. The number of hydrogen-bond acceptors (Lipinski definition) is 6. The van der Waals surface area contributed by atoms with Crippen LogP contribution in [0.3, 0.4) is 0 Å². The van der Waals surface area contributed by atoms with Gasteiger partial charge in [-0.3, -0.25) is 4.90 Å². The number of hydrogen-bond donors (Lipinski definition) is 2. The van der Waals surface area contributed by atoms with E-state index in [0.29, 0.717) is 29.9 Å². The molecule has 0 radical (unpaired) electrons. The van der Waals surface area contributed by atoms with E-state index in [9.17, 15) is 0 Å². The van der Waals surface area contributed by atoms with Crippen molar-refractivity contribution >= 4 is 0 Å². The summed E-state index contributed by atoms with van der Waals surface area (Å²) in [6.45, 7) is 6.72. The van der Waals surface area contributed by atoms with Crippen molar-refractivity contribution in [2.75, 3.05) is 40.4 Å². The topological polar surface area (TPSA) is 55.0 Å².